The second kappa shape index (κ2) is 13.0. The SMILES string of the molecule is C1=CCCC(n2c3ccccc3c3cc(-n4c5ccccc5c5cc6c(cc54)oc4cc5c(cc46)c4ccccc4n5-c4ccc5c(c4)c4ccccc4n5-c4ccccc4)ccc32)=C1. The lowest BCUT2D eigenvalue weighted by molar-refractivity contribution is 0.669. The minimum Gasteiger partial charge on any atom is -0.456 e. The molecule has 5 heteroatoms. The average molecular weight is 831 g/mol. The molecule has 0 saturated carbocycles. The van der Waals surface area contributed by atoms with Gasteiger partial charge in [-0.2, -0.15) is 0 Å². The molecule has 0 atom stereocenters. The molecule has 5 aromatic heterocycles. The van der Waals surface area contributed by atoms with Crippen molar-refractivity contribution in [2.45, 2.75) is 12.8 Å². The fourth-order valence-electron chi connectivity index (χ4n) is 11.4. The summed E-state index contributed by atoms with van der Waals surface area (Å²) in [6, 6.07) is 69.0. The van der Waals surface area contributed by atoms with Gasteiger partial charge in [0.15, 0.2) is 0 Å². The van der Waals surface area contributed by atoms with Crippen LogP contribution in [-0.4, -0.2) is 18.3 Å². The zero-order valence-electron chi connectivity index (χ0n) is 35.2. The molecule has 14 aromatic rings. The van der Waals surface area contributed by atoms with E-state index in [1.54, 1.807) is 0 Å². The molecule has 0 unspecified atom stereocenters. The second-order valence-corrected chi connectivity index (χ2v) is 17.6. The molecule has 0 aliphatic heterocycles. The van der Waals surface area contributed by atoms with E-state index in [0.29, 0.717) is 0 Å². The summed E-state index contributed by atoms with van der Waals surface area (Å²) in [5.74, 6) is 0. The molecule has 5 heterocycles. The Balaban J connectivity index is 0.945. The van der Waals surface area contributed by atoms with E-state index in [9.17, 15) is 0 Å². The summed E-state index contributed by atoms with van der Waals surface area (Å²) in [6.07, 6.45) is 8.80. The van der Waals surface area contributed by atoms with E-state index in [0.717, 1.165) is 62.9 Å². The lowest BCUT2D eigenvalue weighted by atomic mass is 10.1. The smallest absolute Gasteiger partial charge is 0.137 e. The molecule has 304 valence electrons. The first kappa shape index (κ1) is 35.0. The zero-order chi connectivity index (χ0) is 42.3. The van der Waals surface area contributed by atoms with Gasteiger partial charge in [-0.3, -0.25) is 0 Å². The van der Waals surface area contributed by atoms with E-state index in [4.69, 9.17) is 4.42 Å². The summed E-state index contributed by atoms with van der Waals surface area (Å²) in [5.41, 5.74) is 16.0. The van der Waals surface area contributed by atoms with Crippen LogP contribution < -0.4 is 0 Å². The number of aromatic nitrogens is 4. The largest absolute Gasteiger partial charge is 0.456 e. The van der Waals surface area contributed by atoms with Gasteiger partial charge in [0, 0.05) is 88.8 Å². The zero-order valence-corrected chi connectivity index (χ0v) is 35.2. The Morgan fingerprint density at radius 2 is 0.723 bits per heavy atom. The molecule has 1 aliphatic carbocycles. The number of hydrogen-bond donors (Lipinski definition) is 0. The molecule has 0 fully saturated rings. The van der Waals surface area contributed by atoms with Gasteiger partial charge in [-0.15, -0.1) is 0 Å². The van der Waals surface area contributed by atoms with Crippen LogP contribution in [0.2, 0.25) is 0 Å². The molecule has 0 saturated heterocycles. The Kier molecular flexibility index (Phi) is 7.00. The highest BCUT2D eigenvalue weighted by molar-refractivity contribution is 6.22. The van der Waals surface area contributed by atoms with E-state index in [1.165, 1.54) is 81.9 Å². The van der Waals surface area contributed by atoms with Crippen LogP contribution in [0.15, 0.2) is 211 Å². The minimum atomic E-state index is 0.878. The third kappa shape index (κ3) is 4.81. The lowest BCUT2D eigenvalue weighted by Gasteiger charge is -2.14. The van der Waals surface area contributed by atoms with E-state index < -0.39 is 0 Å². The molecular formula is C60H38N4O. The topological polar surface area (TPSA) is 32.9 Å². The fourth-order valence-corrected chi connectivity index (χ4v) is 11.4. The fraction of sp³-hybridized carbons (Fsp3) is 0.0333. The number of furan rings is 1. The third-order valence-electron chi connectivity index (χ3n) is 14.2. The van der Waals surface area contributed by atoms with Crippen LogP contribution in [0.4, 0.5) is 0 Å². The third-order valence-corrected chi connectivity index (χ3v) is 14.2. The van der Waals surface area contributed by atoms with E-state index in [-0.39, 0.29) is 0 Å². The van der Waals surface area contributed by atoms with Crippen molar-refractivity contribution < 1.29 is 4.42 Å². The summed E-state index contributed by atoms with van der Waals surface area (Å²) < 4.78 is 16.7. The first-order valence-electron chi connectivity index (χ1n) is 22.6. The number of hydrogen-bond acceptors (Lipinski definition) is 1. The maximum atomic E-state index is 6.98. The standard InChI is InChI=1S/C60H38N4O/c1-3-15-37(16-4-1)61-51-23-11-7-19-41(51)45-31-39(27-29-55(45)61)63-53-25-13-9-21-43(53)47-33-49-50-34-48-44-22-10-14-26-54(44)64(58(48)36-60(50)65-59(49)35-57(47)63)40-28-30-56-46(32-40)42-20-8-12-24-52(42)62(56)38-17-5-2-6-18-38/h1-5,7-17,19-36H,6,18H2. The number of benzene rings is 9. The van der Waals surface area contributed by atoms with Gasteiger partial charge in [-0.05, 0) is 104 Å². The van der Waals surface area contributed by atoms with Gasteiger partial charge in [-0.25, -0.2) is 0 Å². The maximum absolute atomic E-state index is 6.98. The van der Waals surface area contributed by atoms with Crippen LogP contribution in [0, 0.1) is 0 Å². The van der Waals surface area contributed by atoms with Crippen LogP contribution in [0.1, 0.15) is 12.8 Å². The van der Waals surface area contributed by atoms with Crippen LogP contribution in [0.5, 0.6) is 0 Å². The summed E-state index contributed by atoms with van der Waals surface area (Å²) in [4.78, 5) is 0. The number of nitrogens with zero attached hydrogens (tertiary/aromatic N) is 4. The van der Waals surface area contributed by atoms with Crippen molar-refractivity contribution in [2.75, 3.05) is 0 Å². The van der Waals surface area contributed by atoms with Gasteiger partial charge < -0.3 is 22.7 Å². The van der Waals surface area contributed by atoms with Gasteiger partial charge >= 0.3 is 0 Å². The Labute approximate surface area is 372 Å². The lowest BCUT2D eigenvalue weighted by Crippen LogP contribution is -1.99. The predicted molar refractivity (Wildman–Crippen MR) is 272 cm³/mol. The maximum Gasteiger partial charge on any atom is 0.137 e. The Morgan fingerprint density at radius 1 is 0.308 bits per heavy atom. The average Bonchev–Trinajstić information content (AvgIpc) is 4.15. The van der Waals surface area contributed by atoms with Gasteiger partial charge in [0.25, 0.3) is 0 Å². The van der Waals surface area contributed by atoms with Crippen molar-refractivity contribution in [2.24, 2.45) is 0 Å². The first-order valence-corrected chi connectivity index (χ1v) is 22.6. The van der Waals surface area contributed by atoms with E-state index in [2.05, 4.69) is 225 Å². The van der Waals surface area contributed by atoms with Crippen molar-refractivity contribution in [1.29, 1.82) is 0 Å². The quantitative estimate of drug-likeness (QED) is 0.174. The van der Waals surface area contributed by atoms with Gasteiger partial charge in [0.1, 0.15) is 11.2 Å². The molecule has 0 bridgehead atoms. The highest BCUT2D eigenvalue weighted by Gasteiger charge is 2.22. The van der Waals surface area contributed by atoms with E-state index in [1.807, 2.05) is 0 Å². The van der Waals surface area contributed by atoms with Gasteiger partial charge in [-0.1, -0.05) is 103 Å². The summed E-state index contributed by atoms with van der Waals surface area (Å²) >= 11 is 0. The Bertz CT molecular complexity index is 4410. The molecule has 65 heavy (non-hydrogen) atoms. The molecule has 15 rings (SSSR count). The first-order chi connectivity index (χ1) is 32.2. The Hall–Kier alpha value is -8.54. The van der Waals surface area contributed by atoms with Crippen LogP contribution in [-0.2, 0) is 0 Å². The van der Waals surface area contributed by atoms with Crippen molar-refractivity contribution in [3.8, 4) is 17.1 Å². The Morgan fingerprint density at radius 3 is 1.22 bits per heavy atom. The highest BCUT2D eigenvalue weighted by Crippen LogP contribution is 2.44. The normalized spacial score (nSPS) is 13.4. The summed E-state index contributed by atoms with van der Waals surface area (Å²) in [5, 5.41) is 12.1. The summed E-state index contributed by atoms with van der Waals surface area (Å²) in [6.45, 7) is 0. The number of allylic oxidation sites excluding steroid dienone is 4. The van der Waals surface area contributed by atoms with Crippen molar-refractivity contribution in [3.63, 3.8) is 0 Å². The second-order valence-electron chi connectivity index (χ2n) is 17.6. The van der Waals surface area contributed by atoms with Crippen LogP contribution in [0.3, 0.4) is 0 Å². The van der Waals surface area contributed by atoms with E-state index >= 15 is 0 Å². The molecule has 0 spiro atoms. The number of para-hydroxylation sites is 5. The van der Waals surface area contributed by atoms with Crippen molar-refractivity contribution >= 4 is 115 Å². The number of rotatable bonds is 4. The van der Waals surface area contributed by atoms with Gasteiger partial charge in [0.05, 0.1) is 44.1 Å². The molecule has 0 N–H and O–H groups in total. The summed E-state index contributed by atoms with van der Waals surface area (Å²) in [7, 11) is 0. The molecule has 1 aliphatic rings. The van der Waals surface area contributed by atoms with Gasteiger partial charge in [0.2, 0.25) is 0 Å². The minimum absolute atomic E-state index is 0.878. The van der Waals surface area contributed by atoms with Crippen LogP contribution in [0.25, 0.3) is 132 Å². The molecule has 0 amide bonds. The number of fused-ring (bicyclic) bond motifs is 15. The molecule has 5 nitrogen and oxygen atoms in total. The highest BCUT2D eigenvalue weighted by atomic mass is 16.3. The van der Waals surface area contributed by atoms with Crippen molar-refractivity contribution in [3.05, 3.63) is 206 Å². The molecular weight excluding hydrogens is 793 g/mol. The monoisotopic (exact) mass is 830 g/mol. The molecule has 0 radical (unpaired) electrons. The van der Waals surface area contributed by atoms with Crippen molar-refractivity contribution in [1.82, 2.24) is 18.3 Å². The van der Waals surface area contributed by atoms with Crippen LogP contribution >= 0.6 is 0 Å². The predicted octanol–water partition coefficient (Wildman–Crippen LogP) is 16.2. The molecule has 9 aromatic carbocycles.